The van der Waals surface area contributed by atoms with E-state index < -0.39 is 4.58 Å². The van der Waals surface area contributed by atoms with Gasteiger partial charge >= 0.3 is 0 Å². The van der Waals surface area contributed by atoms with Crippen LogP contribution in [0, 0.1) is 5.92 Å². The predicted octanol–water partition coefficient (Wildman–Crippen LogP) is 1.47. The minimum Gasteiger partial charge on any atom is -0.373 e. The Hall–Kier alpha value is 0.370. The number of alkyl halides is 2. The lowest BCUT2D eigenvalue weighted by Crippen LogP contribution is -2.04. The van der Waals surface area contributed by atoms with E-state index >= 15 is 0 Å². The van der Waals surface area contributed by atoms with E-state index in [1.165, 1.54) is 0 Å². The van der Waals surface area contributed by atoms with Gasteiger partial charge in [-0.15, -0.1) is 0 Å². The lowest BCUT2D eigenvalue weighted by atomic mass is 10.3. The molecule has 0 bridgehead atoms. The molecule has 0 N–H and O–H groups in total. The average molecular weight is 181 g/mol. The van der Waals surface area contributed by atoms with Crippen LogP contribution in [0.2, 0.25) is 0 Å². The van der Waals surface area contributed by atoms with Gasteiger partial charge in [-0.1, -0.05) is 0 Å². The second-order valence-electron chi connectivity index (χ2n) is 2.36. The van der Waals surface area contributed by atoms with Crippen LogP contribution in [0.15, 0.2) is 0 Å². The summed E-state index contributed by atoms with van der Waals surface area (Å²) in [4.78, 5) is 0. The maximum atomic E-state index is 12.7. The molecule has 0 aromatic carbocycles. The van der Waals surface area contributed by atoms with Crippen molar-refractivity contribution in [1.29, 1.82) is 0 Å². The van der Waals surface area contributed by atoms with Crippen molar-refractivity contribution >= 4 is 15.9 Å². The molecule has 0 amide bonds. The Balaban J connectivity index is 2.13. The monoisotopic (exact) mass is 180 g/mol. The van der Waals surface area contributed by atoms with Crippen LogP contribution in [-0.4, -0.2) is 17.3 Å². The maximum absolute atomic E-state index is 12.7. The molecule has 46 valence electrons. The summed E-state index contributed by atoms with van der Waals surface area (Å²) in [5, 5.41) is 0. The highest BCUT2D eigenvalue weighted by Gasteiger charge is 2.68. The summed E-state index contributed by atoms with van der Waals surface area (Å²) in [5.74, 6) is 0.155. The second kappa shape index (κ2) is 1.27. The van der Waals surface area contributed by atoms with Crippen LogP contribution >= 0.6 is 15.9 Å². The van der Waals surface area contributed by atoms with E-state index in [9.17, 15) is 4.39 Å². The van der Waals surface area contributed by atoms with Gasteiger partial charge in [0.05, 0.1) is 0 Å². The van der Waals surface area contributed by atoms with Crippen molar-refractivity contribution < 1.29 is 9.13 Å². The number of halogens is 2. The summed E-state index contributed by atoms with van der Waals surface area (Å²) in [7, 11) is 0. The third kappa shape index (κ3) is 0.443. The molecule has 0 unspecified atom stereocenters. The fourth-order valence-corrected chi connectivity index (χ4v) is 2.04. The van der Waals surface area contributed by atoms with Gasteiger partial charge in [0.2, 0.25) is 0 Å². The Morgan fingerprint density at radius 3 is 2.75 bits per heavy atom. The summed E-state index contributed by atoms with van der Waals surface area (Å²) < 4.78 is 16.6. The predicted molar refractivity (Wildman–Crippen MR) is 30.6 cm³/mol. The molecule has 2 rings (SSSR count). The summed E-state index contributed by atoms with van der Waals surface area (Å²) in [6.07, 6.45) is 0.759. The fraction of sp³-hybridized carbons (Fsp3) is 1.00. The number of hydrogen-bond donors (Lipinski definition) is 0. The lowest BCUT2D eigenvalue weighted by Gasteiger charge is -1.99. The van der Waals surface area contributed by atoms with Crippen LogP contribution in [0.4, 0.5) is 4.39 Å². The van der Waals surface area contributed by atoms with Gasteiger partial charge in [0, 0.05) is 12.5 Å². The Labute approximate surface area is 55.3 Å². The standard InChI is InChI=1S/C5H6BrFO/c6-5(7)3-1-2-8-4(3)5/h3-4H,1-2H2/t3-,4+,5-/m0/s1. The molecule has 0 aromatic heterocycles. The molecule has 0 spiro atoms. The van der Waals surface area contributed by atoms with Gasteiger partial charge < -0.3 is 4.74 Å². The van der Waals surface area contributed by atoms with Gasteiger partial charge in [0.25, 0.3) is 0 Å². The van der Waals surface area contributed by atoms with Gasteiger partial charge in [-0.05, 0) is 22.4 Å². The minimum absolute atomic E-state index is 0.123. The number of ether oxygens (including phenoxy) is 1. The Kier molecular flexibility index (Phi) is 0.819. The largest absolute Gasteiger partial charge is 0.373 e. The summed E-state index contributed by atoms with van der Waals surface area (Å²) in [6, 6.07) is 0. The molecule has 8 heavy (non-hydrogen) atoms. The van der Waals surface area contributed by atoms with Gasteiger partial charge in [0.1, 0.15) is 6.10 Å². The van der Waals surface area contributed by atoms with Gasteiger partial charge in [-0.3, -0.25) is 0 Å². The van der Waals surface area contributed by atoms with Crippen molar-refractivity contribution in [3.05, 3.63) is 0 Å². The van der Waals surface area contributed by atoms with E-state index in [-0.39, 0.29) is 12.0 Å². The zero-order chi connectivity index (χ0) is 5.78. The van der Waals surface area contributed by atoms with E-state index in [2.05, 4.69) is 15.9 Å². The Morgan fingerprint density at radius 2 is 2.50 bits per heavy atom. The zero-order valence-electron chi connectivity index (χ0n) is 4.23. The minimum atomic E-state index is -1.15. The van der Waals surface area contributed by atoms with Gasteiger partial charge in [-0.25, -0.2) is 4.39 Å². The highest BCUT2D eigenvalue weighted by atomic mass is 79.9. The summed E-state index contributed by atoms with van der Waals surface area (Å²) in [5.41, 5.74) is 0. The van der Waals surface area contributed by atoms with E-state index in [1.807, 2.05) is 0 Å². The first-order valence-electron chi connectivity index (χ1n) is 2.72. The van der Waals surface area contributed by atoms with Crippen molar-refractivity contribution in [2.24, 2.45) is 5.92 Å². The van der Waals surface area contributed by atoms with E-state index in [0.29, 0.717) is 0 Å². The highest BCUT2D eigenvalue weighted by Crippen LogP contribution is 2.59. The van der Waals surface area contributed by atoms with Crippen molar-refractivity contribution in [3.63, 3.8) is 0 Å². The second-order valence-corrected chi connectivity index (χ2v) is 3.58. The first-order chi connectivity index (χ1) is 3.73. The SMILES string of the molecule is F[C@]1(Br)[C@@H]2OCC[C@@H]21. The number of hydrogen-bond acceptors (Lipinski definition) is 1. The van der Waals surface area contributed by atoms with Crippen molar-refractivity contribution in [2.45, 2.75) is 17.1 Å². The van der Waals surface area contributed by atoms with E-state index in [1.54, 1.807) is 0 Å². The van der Waals surface area contributed by atoms with Crippen molar-refractivity contribution in [3.8, 4) is 0 Å². The molecule has 1 saturated heterocycles. The van der Waals surface area contributed by atoms with Crippen LogP contribution in [0.3, 0.4) is 0 Å². The third-order valence-corrected chi connectivity index (χ3v) is 2.90. The molecule has 1 heterocycles. The highest BCUT2D eigenvalue weighted by molar-refractivity contribution is 9.10. The molecule has 2 fully saturated rings. The molecule has 3 atom stereocenters. The molecule has 1 nitrogen and oxygen atoms in total. The van der Waals surface area contributed by atoms with Gasteiger partial charge in [0.15, 0.2) is 4.58 Å². The number of fused-ring (bicyclic) bond motifs is 1. The molecular formula is C5H6BrFO. The molecule has 1 aliphatic carbocycles. The topological polar surface area (TPSA) is 9.23 Å². The Morgan fingerprint density at radius 1 is 1.75 bits per heavy atom. The Bertz CT molecular complexity index is 114. The van der Waals surface area contributed by atoms with E-state index in [4.69, 9.17) is 4.74 Å². The molecule has 1 saturated carbocycles. The van der Waals surface area contributed by atoms with Gasteiger partial charge in [-0.2, -0.15) is 0 Å². The molecule has 0 radical (unpaired) electrons. The maximum Gasteiger partial charge on any atom is 0.196 e. The van der Waals surface area contributed by atoms with Crippen LogP contribution in [-0.2, 0) is 4.74 Å². The molecule has 2 aliphatic rings. The summed E-state index contributed by atoms with van der Waals surface area (Å²) >= 11 is 2.94. The first-order valence-corrected chi connectivity index (χ1v) is 3.51. The quantitative estimate of drug-likeness (QED) is 0.514. The zero-order valence-corrected chi connectivity index (χ0v) is 5.82. The normalized spacial score (nSPS) is 60.8. The van der Waals surface area contributed by atoms with Crippen LogP contribution in [0.25, 0.3) is 0 Å². The number of rotatable bonds is 0. The van der Waals surface area contributed by atoms with Crippen molar-refractivity contribution in [2.75, 3.05) is 6.61 Å². The molecule has 0 aromatic rings. The summed E-state index contributed by atoms with van der Waals surface area (Å²) in [6.45, 7) is 0.743. The first kappa shape index (κ1) is 5.18. The molecular weight excluding hydrogens is 175 g/mol. The molecule has 3 heteroatoms. The molecule has 1 aliphatic heterocycles. The smallest absolute Gasteiger partial charge is 0.196 e. The van der Waals surface area contributed by atoms with Crippen LogP contribution in [0.5, 0.6) is 0 Å². The van der Waals surface area contributed by atoms with E-state index in [0.717, 1.165) is 13.0 Å². The fourth-order valence-electron chi connectivity index (χ4n) is 1.25. The third-order valence-electron chi connectivity index (χ3n) is 1.86. The van der Waals surface area contributed by atoms with Crippen LogP contribution in [0.1, 0.15) is 6.42 Å². The van der Waals surface area contributed by atoms with Crippen LogP contribution < -0.4 is 0 Å². The lowest BCUT2D eigenvalue weighted by molar-refractivity contribution is 0.119. The van der Waals surface area contributed by atoms with Crippen molar-refractivity contribution in [1.82, 2.24) is 0 Å². The average Bonchev–Trinajstić information content (AvgIpc) is 2.22.